The first kappa shape index (κ1) is 19.0. The lowest BCUT2D eigenvalue weighted by atomic mass is 10.1. The number of nitrogens with two attached hydrogens (primary N) is 1. The van der Waals surface area contributed by atoms with E-state index < -0.39 is 18.0 Å². The topological polar surface area (TPSA) is 128 Å². The molecule has 0 aliphatic rings. The summed E-state index contributed by atoms with van der Waals surface area (Å²) in [5, 5.41) is 17.6. The van der Waals surface area contributed by atoms with Gasteiger partial charge in [0.05, 0.1) is 6.54 Å². The number of hydrogen-bond donors (Lipinski definition) is 3. The van der Waals surface area contributed by atoms with E-state index >= 15 is 0 Å². The van der Waals surface area contributed by atoms with Gasteiger partial charge in [0, 0.05) is 11.3 Å². The zero-order valence-corrected chi connectivity index (χ0v) is 15.4. The SMILES string of the molecule is C[C@@H](Nc1ccc(CCn2nnc(-c3ccccc3)n2)cc1)C(=O)NC(N)=O. The van der Waals surface area contributed by atoms with E-state index in [9.17, 15) is 9.59 Å². The number of urea groups is 1. The fraction of sp³-hybridized carbons (Fsp3) is 0.211. The first-order valence-electron chi connectivity index (χ1n) is 8.80. The van der Waals surface area contributed by atoms with E-state index in [2.05, 4.69) is 20.7 Å². The maximum atomic E-state index is 11.7. The summed E-state index contributed by atoms with van der Waals surface area (Å²) in [5.74, 6) is 0.117. The predicted molar refractivity (Wildman–Crippen MR) is 104 cm³/mol. The molecule has 1 heterocycles. The summed E-state index contributed by atoms with van der Waals surface area (Å²) in [7, 11) is 0. The minimum atomic E-state index is -0.869. The second-order valence-electron chi connectivity index (χ2n) is 6.24. The molecule has 0 aliphatic heterocycles. The molecule has 28 heavy (non-hydrogen) atoms. The highest BCUT2D eigenvalue weighted by molar-refractivity contribution is 5.97. The van der Waals surface area contributed by atoms with Crippen LogP contribution in [0.4, 0.5) is 10.5 Å². The van der Waals surface area contributed by atoms with Crippen molar-refractivity contribution in [1.82, 2.24) is 25.5 Å². The number of imide groups is 1. The Morgan fingerprint density at radius 2 is 1.82 bits per heavy atom. The van der Waals surface area contributed by atoms with Gasteiger partial charge in [-0.2, -0.15) is 4.80 Å². The van der Waals surface area contributed by atoms with Gasteiger partial charge in [-0.1, -0.05) is 42.5 Å². The van der Waals surface area contributed by atoms with Crippen LogP contribution in [0.5, 0.6) is 0 Å². The van der Waals surface area contributed by atoms with E-state index in [4.69, 9.17) is 5.73 Å². The molecule has 4 N–H and O–H groups in total. The molecule has 3 amide bonds. The Balaban J connectivity index is 1.53. The van der Waals surface area contributed by atoms with Gasteiger partial charge in [0.15, 0.2) is 0 Å². The number of carbonyl (C=O) groups excluding carboxylic acids is 2. The average Bonchev–Trinajstić information content (AvgIpc) is 3.17. The van der Waals surface area contributed by atoms with Crippen LogP contribution in [0.3, 0.4) is 0 Å². The Kier molecular flexibility index (Phi) is 5.95. The summed E-state index contributed by atoms with van der Waals surface area (Å²) in [6.45, 7) is 2.25. The molecule has 0 unspecified atom stereocenters. The number of nitrogens with one attached hydrogen (secondary N) is 2. The van der Waals surface area contributed by atoms with Crippen molar-refractivity contribution in [1.29, 1.82) is 0 Å². The molecule has 0 bridgehead atoms. The number of rotatable bonds is 7. The van der Waals surface area contributed by atoms with Crippen molar-refractivity contribution in [3.63, 3.8) is 0 Å². The zero-order valence-electron chi connectivity index (χ0n) is 15.4. The predicted octanol–water partition coefficient (Wildman–Crippen LogP) is 1.58. The van der Waals surface area contributed by atoms with Gasteiger partial charge < -0.3 is 11.1 Å². The third-order valence-electron chi connectivity index (χ3n) is 4.06. The second-order valence-corrected chi connectivity index (χ2v) is 6.24. The molecule has 0 fully saturated rings. The van der Waals surface area contributed by atoms with Crippen LogP contribution < -0.4 is 16.4 Å². The maximum Gasteiger partial charge on any atom is 0.318 e. The molecule has 0 saturated carbocycles. The molecule has 1 atom stereocenters. The van der Waals surface area contributed by atoms with E-state index in [-0.39, 0.29) is 0 Å². The summed E-state index contributed by atoms with van der Waals surface area (Å²) >= 11 is 0. The van der Waals surface area contributed by atoms with Gasteiger partial charge in [0.1, 0.15) is 6.04 Å². The van der Waals surface area contributed by atoms with Crippen molar-refractivity contribution in [2.24, 2.45) is 5.73 Å². The van der Waals surface area contributed by atoms with Gasteiger partial charge in [-0.05, 0) is 36.3 Å². The van der Waals surface area contributed by atoms with E-state index in [1.807, 2.05) is 59.9 Å². The van der Waals surface area contributed by atoms with Crippen molar-refractivity contribution in [3.05, 3.63) is 60.2 Å². The van der Waals surface area contributed by atoms with Gasteiger partial charge in [0.2, 0.25) is 11.7 Å². The van der Waals surface area contributed by atoms with E-state index in [1.165, 1.54) is 0 Å². The second kappa shape index (κ2) is 8.76. The zero-order chi connectivity index (χ0) is 19.9. The highest BCUT2D eigenvalue weighted by Gasteiger charge is 2.14. The molecule has 9 nitrogen and oxygen atoms in total. The molecule has 1 aromatic heterocycles. The Morgan fingerprint density at radius 3 is 2.50 bits per heavy atom. The number of tetrazole rings is 1. The smallest absolute Gasteiger partial charge is 0.318 e. The lowest BCUT2D eigenvalue weighted by molar-refractivity contribution is -0.120. The highest BCUT2D eigenvalue weighted by atomic mass is 16.2. The lowest BCUT2D eigenvalue weighted by Gasteiger charge is -2.14. The monoisotopic (exact) mass is 379 g/mol. The third-order valence-corrected chi connectivity index (χ3v) is 4.06. The number of anilines is 1. The van der Waals surface area contributed by atoms with Crippen LogP contribution in [0, 0.1) is 0 Å². The van der Waals surface area contributed by atoms with Crippen LogP contribution in [0.1, 0.15) is 12.5 Å². The number of carbonyl (C=O) groups is 2. The molecular weight excluding hydrogens is 358 g/mol. The van der Waals surface area contributed by atoms with E-state index in [0.717, 1.165) is 23.2 Å². The van der Waals surface area contributed by atoms with E-state index in [1.54, 1.807) is 11.7 Å². The van der Waals surface area contributed by atoms with Crippen LogP contribution in [0.15, 0.2) is 54.6 Å². The minimum absolute atomic E-state index is 0.483. The number of nitrogens with zero attached hydrogens (tertiary/aromatic N) is 4. The van der Waals surface area contributed by atoms with Crippen LogP contribution in [0.2, 0.25) is 0 Å². The van der Waals surface area contributed by atoms with Crippen LogP contribution in [0.25, 0.3) is 11.4 Å². The molecular formula is C19H21N7O2. The summed E-state index contributed by atoms with van der Waals surface area (Å²) in [6.07, 6.45) is 0.739. The lowest BCUT2D eigenvalue weighted by Crippen LogP contribution is -2.43. The number of amides is 3. The molecule has 0 aliphatic carbocycles. The summed E-state index contributed by atoms with van der Waals surface area (Å²) < 4.78 is 0. The van der Waals surface area contributed by atoms with Crippen molar-refractivity contribution in [2.45, 2.75) is 25.9 Å². The highest BCUT2D eigenvalue weighted by Crippen LogP contribution is 2.13. The van der Waals surface area contributed by atoms with Crippen molar-refractivity contribution in [2.75, 3.05) is 5.32 Å². The molecule has 2 aromatic carbocycles. The largest absolute Gasteiger partial charge is 0.374 e. The molecule has 3 rings (SSSR count). The van der Waals surface area contributed by atoms with Crippen molar-refractivity contribution in [3.8, 4) is 11.4 Å². The summed E-state index contributed by atoms with van der Waals surface area (Å²) in [4.78, 5) is 24.0. The Hall–Kier alpha value is -3.75. The fourth-order valence-corrected chi connectivity index (χ4v) is 2.58. The molecule has 0 radical (unpaired) electrons. The number of hydrogen-bond acceptors (Lipinski definition) is 6. The quantitative estimate of drug-likeness (QED) is 0.572. The molecule has 0 saturated heterocycles. The maximum absolute atomic E-state index is 11.7. The summed E-state index contributed by atoms with van der Waals surface area (Å²) in [5.41, 5.74) is 7.73. The van der Waals surface area contributed by atoms with Gasteiger partial charge in [-0.25, -0.2) is 4.79 Å². The third kappa shape index (κ3) is 5.13. The number of primary amides is 1. The normalized spacial score (nSPS) is 11.6. The molecule has 0 spiro atoms. The van der Waals surface area contributed by atoms with Crippen molar-refractivity contribution < 1.29 is 9.59 Å². The molecule has 3 aromatic rings. The van der Waals surface area contributed by atoms with Crippen LogP contribution in [-0.2, 0) is 17.8 Å². The van der Waals surface area contributed by atoms with Gasteiger partial charge >= 0.3 is 6.03 Å². The first-order chi connectivity index (χ1) is 13.5. The standard InChI is InChI=1S/C19H21N7O2/c1-13(18(27)22-19(20)28)21-16-9-7-14(8-10-16)11-12-26-24-17(23-25-26)15-5-3-2-4-6-15/h2-10,13,21H,11-12H2,1H3,(H3,20,22,27,28)/t13-/m1/s1. The van der Waals surface area contributed by atoms with Crippen molar-refractivity contribution >= 4 is 17.6 Å². The number of benzene rings is 2. The van der Waals surface area contributed by atoms with Crippen LogP contribution in [-0.4, -0.2) is 38.2 Å². The molecule has 144 valence electrons. The Morgan fingerprint density at radius 1 is 1.11 bits per heavy atom. The first-order valence-corrected chi connectivity index (χ1v) is 8.80. The summed E-state index contributed by atoms with van der Waals surface area (Å²) in [6, 6.07) is 15.9. The molecule has 9 heteroatoms. The van der Waals surface area contributed by atoms with Gasteiger partial charge in [-0.15, -0.1) is 10.2 Å². The fourth-order valence-electron chi connectivity index (χ4n) is 2.58. The van der Waals surface area contributed by atoms with E-state index in [0.29, 0.717) is 12.4 Å². The minimum Gasteiger partial charge on any atom is -0.374 e. The van der Waals surface area contributed by atoms with Gasteiger partial charge in [-0.3, -0.25) is 10.1 Å². The number of aromatic nitrogens is 4. The Bertz CT molecular complexity index is 938. The van der Waals surface area contributed by atoms with Crippen LogP contribution >= 0.6 is 0 Å². The van der Waals surface area contributed by atoms with Gasteiger partial charge in [0.25, 0.3) is 0 Å². The number of aryl methyl sites for hydroxylation is 2. The Labute approximate surface area is 161 Å². The average molecular weight is 379 g/mol.